The Morgan fingerprint density at radius 1 is 1.29 bits per heavy atom. The molecule has 0 bridgehead atoms. The van der Waals surface area contributed by atoms with Gasteiger partial charge in [0.05, 0.1) is 12.3 Å². The lowest BCUT2D eigenvalue weighted by Gasteiger charge is -2.22. The van der Waals surface area contributed by atoms with Crippen LogP contribution < -0.4 is 4.90 Å². The zero-order valence-electron chi connectivity index (χ0n) is 12.3. The first-order chi connectivity index (χ1) is 10.2. The monoisotopic (exact) mass is 301 g/mol. The Kier molecular flexibility index (Phi) is 4.12. The number of hydrogen-bond donors (Lipinski definition) is 1. The predicted molar refractivity (Wildman–Crippen MR) is 87.0 cm³/mol. The SMILES string of the molecule is Cc1nc2c(c(N(C)CCO)n1)CCSc1ccccc1-2. The van der Waals surface area contributed by atoms with Gasteiger partial charge in [-0.3, -0.25) is 0 Å². The Balaban J connectivity index is 2.19. The van der Waals surface area contributed by atoms with Crippen molar-refractivity contribution in [2.24, 2.45) is 0 Å². The van der Waals surface area contributed by atoms with E-state index in [9.17, 15) is 5.11 Å². The van der Waals surface area contributed by atoms with Crippen molar-refractivity contribution in [1.82, 2.24) is 9.97 Å². The molecule has 2 aromatic rings. The van der Waals surface area contributed by atoms with E-state index < -0.39 is 0 Å². The quantitative estimate of drug-likeness (QED) is 0.944. The van der Waals surface area contributed by atoms with Crippen LogP contribution in [0.3, 0.4) is 0 Å². The average molecular weight is 301 g/mol. The first kappa shape index (κ1) is 14.4. The number of thioether (sulfide) groups is 1. The van der Waals surface area contributed by atoms with Crippen molar-refractivity contribution in [3.05, 3.63) is 35.7 Å². The highest BCUT2D eigenvalue weighted by molar-refractivity contribution is 7.99. The molecule has 0 fully saturated rings. The third kappa shape index (κ3) is 2.76. The van der Waals surface area contributed by atoms with E-state index in [1.807, 2.05) is 30.6 Å². The molecule has 3 rings (SSSR count). The topological polar surface area (TPSA) is 49.2 Å². The fraction of sp³-hybridized carbons (Fsp3) is 0.375. The van der Waals surface area contributed by atoms with Crippen LogP contribution in [0.4, 0.5) is 5.82 Å². The zero-order valence-corrected chi connectivity index (χ0v) is 13.2. The van der Waals surface area contributed by atoms with E-state index in [1.165, 1.54) is 16.0 Å². The number of anilines is 1. The highest BCUT2D eigenvalue weighted by atomic mass is 32.2. The van der Waals surface area contributed by atoms with Crippen LogP contribution in [0, 0.1) is 6.92 Å². The van der Waals surface area contributed by atoms with Crippen molar-refractivity contribution in [3.8, 4) is 11.3 Å². The van der Waals surface area contributed by atoms with E-state index in [0.717, 1.165) is 29.5 Å². The van der Waals surface area contributed by atoms with E-state index in [2.05, 4.69) is 29.2 Å². The van der Waals surface area contributed by atoms with Crippen molar-refractivity contribution in [3.63, 3.8) is 0 Å². The van der Waals surface area contributed by atoms with Gasteiger partial charge in [-0.05, 0) is 19.4 Å². The average Bonchev–Trinajstić information content (AvgIpc) is 2.66. The molecule has 0 spiro atoms. The molecule has 110 valence electrons. The molecule has 1 aliphatic heterocycles. The largest absolute Gasteiger partial charge is 0.395 e. The fourth-order valence-corrected chi connectivity index (χ4v) is 3.68. The Morgan fingerprint density at radius 3 is 2.90 bits per heavy atom. The molecular weight excluding hydrogens is 282 g/mol. The minimum atomic E-state index is 0.125. The molecule has 0 unspecified atom stereocenters. The van der Waals surface area contributed by atoms with Crippen LogP contribution >= 0.6 is 11.8 Å². The number of hydrogen-bond acceptors (Lipinski definition) is 5. The summed E-state index contributed by atoms with van der Waals surface area (Å²) in [5, 5.41) is 9.20. The van der Waals surface area contributed by atoms with Gasteiger partial charge in [-0.2, -0.15) is 0 Å². The molecule has 1 aromatic heterocycles. The van der Waals surface area contributed by atoms with E-state index >= 15 is 0 Å². The molecule has 0 amide bonds. The Hall–Kier alpha value is -1.59. The van der Waals surface area contributed by atoms with Gasteiger partial charge in [0, 0.05) is 35.4 Å². The normalized spacial score (nSPS) is 13.3. The van der Waals surface area contributed by atoms with E-state index in [0.29, 0.717) is 6.54 Å². The van der Waals surface area contributed by atoms with Gasteiger partial charge in [0.2, 0.25) is 0 Å². The number of nitrogens with zero attached hydrogens (tertiary/aromatic N) is 3. The number of rotatable bonds is 3. The summed E-state index contributed by atoms with van der Waals surface area (Å²) in [5.41, 5.74) is 3.43. The summed E-state index contributed by atoms with van der Waals surface area (Å²) in [5.74, 6) is 2.75. The van der Waals surface area contributed by atoms with Crippen LogP contribution in [0.1, 0.15) is 11.4 Å². The summed E-state index contributed by atoms with van der Waals surface area (Å²) in [6, 6.07) is 8.42. The number of aliphatic hydroxyl groups is 1. The summed E-state index contributed by atoms with van der Waals surface area (Å²) >= 11 is 1.87. The molecule has 0 saturated carbocycles. The first-order valence-electron chi connectivity index (χ1n) is 7.12. The van der Waals surface area contributed by atoms with Gasteiger partial charge < -0.3 is 10.0 Å². The Bertz CT molecular complexity index is 660. The molecule has 1 N–H and O–H groups in total. The summed E-state index contributed by atoms with van der Waals surface area (Å²) < 4.78 is 0. The van der Waals surface area contributed by atoms with Crippen LogP contribution in [-0.2, 0) is 6.42 Å². The molecule has 0 saturated heterocycles. The molecule has 2 heterocycles. The number of likely N-dealkylation sites (N-methyl/N-ethyl adjacent to an activating group) is 1. The van der Waals surface area contributed by atoms with Gasteiger partial charge in [0.1, 0.15) is 11.6 Å². The predicted octanol–water partition coefficient (Wildman–Crippen LogP) is 2.53. The lowest BCUT2D eigenvalue weighted by atomic mass is 10.0. The third-order valence-electron chi connectivity index (χ3n) is 3.65. The van der Waals surface area contributed by atoms with Crippen LogP contribution in [-0.4, -0.2) is 41.0 Å². The highest BCUT2D eigenvalue weighted by Crippen LogP contribution is 2.39. The minimum absolute atomic E-state index is 0.125. The number of aromatic nitrogens is 2. The van der Waals surface area contributed by atoms with Crippen LogP contribution in [0.15, 0.2) is 29.2 Å². The van der Waals surface area contributed by atoms with Gasteiger partial charge in [-0.25, -0.2) is 9.97 Å². The summed E-state index contributed by atoms with van der Waals surface area (Å²) in [6.45, 7) is 2.63. The molecule has 0 radical (unpaired) electrons. The third-order valence-corrected chi connectivity index (χ3v) is 4.72. The molecule has 4 nitrogen and oxygen atoms in total. The van der Waals surface area contributed by atoms with E-state index in [4.69, 9.17) is 4.98 Å². The molecule has 21 heavy (non-hydrogen) atoms. The maximum absolute atomic E-state index is 9.20. The van der Waals surface area contributed by atoms with Crippen LogP contribution in [0.2, 0.25) is 0 Å². The Morgan fingerprint density at radius 2 is 2.10 bits per heavy atom. The maximum atomic E-state index is 9.20. The number of aryl methyl sites for hydroxylation is 1. The molecular formula is C16H19N3OS. The fourth-order valence-electron chi connectivity index (χ4n) is 2.66. The second kappa shape index (κ2) is 6.03. The van der Waals surface area contributed by atoms with Gasteiger partial charge >= 0.3 is 0 Å². The lowest BCUT2D eigenvalue weighted by Crippen LogP contribution is -2.24. The van der Waals surface area contributed by atoms with E-state index in [1.54, 1.807) is 0 Å². The van der Waals surface area contributed by atoms with Gasteiger partial charge in [0.25, 0.3) is 0 Å². The number of benzene rings is 1. The molecule has 5 heteroatoms. The summed E-state index contributed by atoms with van der Waals surface area (Å²) in [6.07, 6.45) is 0.945. The van der Waals surface area contributed by atoms with Crippen molar-refractivity contribution < 1.29 is 5.11 Å². The van der Waals surface area contributed by atoms with Crippen molar-refractivity contribution in [2.45, 2.75) is 18.2 Å². The van der Waals surface area contributed by atoms with Gasteiger partial charge in [-0.15, -0.1) is 11.8 Å². The smallest absolute Gasteiger partial charge is 0.135 e. The maximum Gasteiger partial charge on any atom is 0.135 e. The Labute approximate surface area is 129 Å². The van der Waals surface area contributed by atoms with Crippen LogP contribution in [0.25, 0.3) is 11.3 Å². The summed E-state index contributed by atoms with van der Waals surface area (Å²) in [7, 11) is 1.97. The molecule has 0 atom stereocenters. The second-order valence-electron chi connectivity index (χ2n) is 5.16. The van der Waals surface area contributed by atoms with Gasteiger partial charge in [-0.1, -0.05) is 18.2 Å². The minimum Gasteiger partial charge on any atom is -0.395 e. The second-order valence-corrected chi connectivity index (χ2v) is 6.30. The summed E-state index contributed by atoms with van der Waals surface area (Å²) in [4.78, 5) is 12.6. The lowest BCUT2D eigenvalue weighted by molar-refractivity contribution is 0.303. The highest BCUT2D eigenvalue weighted by Gasteiger charge is 2.21. The van der Waals surface area contributed by atoms with Crippen LogP contribution in [0.5, 0.6) is 0 Å². The van der Waals surface area contributed by atoms with Crippen molar-refractivity contribution in [1.29, 1.82) is 0 Å². The number of aliphatic hydroxyl groups excluding tert-OH is 1. The first-order valence-corrected chi connectivity index (χ1v) is 8.11. The van der Waals surface area contributed by atoms with Gasteiger partial charge in [0.15, 0.2) is 0 Å². The van der Waals surface area contributed by atoms with E-state index in [-0.39, 0.29) is 6.61 Å². The van der Waals surface area contributed by atoms with Crippen molar-refractivity contribution in [2.75, 3.05) is 30.9 Å². The standard InChI is InChI=1S/C16H19N3OS/c1-11-17-15-12-5-3-4-6-14(12)21-10-7-13(15)16(18-11)19(2)8-9-20/h3-6,20H,7-10H2,1-2H3. The molecule has 1 aliphatic rings. The number of fused-ring (bicyclic) bond motifs is 3. The van der Waals surface area contributed by atoms with Crippen molar-refractivity contribution >= 4 is 17.6 Å². The zero-order chi connectivity index (χ0) is 14.8. The molecule has 0 aliphatic carbocycles. The molecule has 1 aromatic carbocycles.